The molecular weight excluding hydrogens is 226 g/mol. The van der Waals surface area contributed by atoms with Gasteiger partial charge in [-0.15, -0.1) is 11.3 Å². The number of carboxylic acid groups (broad SMARTS) is 1. The van der Waals surface area contributed by atoms with Gasteiger partial charge in [-0.2, -0.15) is 0 Å². The molecule has 1 amide bonds. The minimum absolute atomic E-state index is 0.0940. The van der Waals surface area contributed by atoms with Gasteiger partial charge in [0.15, 0.2) is 0 Å². The topological polar surface area (TPSA) is 57.6 Å². The Morgan fingerprint density at radius 1 is 1.56 bits per heavy atom. The van der Waals surface area contributed by atoms with Gasteiger partial charge in [-0.25, -0.2) is 0 Å². The molecule has 0 aliphatic carbocycles. The monoisotopic (exact) mass is 239 g/mol. The van der Waals surface area contributed by atoms with E-state index in [2.05, 4.69) is 0 Å². The zero-order chi connectivity index (χ0) is 11.9. The lowest BCUT2D eigenvalue weighted by molar-refractivity contribution is -0.142. The molecule has 2 rings (SSSR count). The fourth-order valence-electron chi connectivity index (χ4n) is 2.09. The maximum Gasteiger partial charge on any atom is 0.309 e. The quantitative estimate of drug-likeness (QED) is 0.854. The lowest BCUT2D eigenvalue weighted by atomic mass is 9.99. The van der Waals surface area contributed by atoms with Crippen LogP contribution in [-0.4, -0.2) is 28.9 Å². The van der Waals surface area contributed by atoms with Gasteiger partial charge in [0.2, 0.25) is 5.91 Å². The lowest BCUT2D eigenvalue weighted by Gasteiger charge is -2.21. The van der Waals surface area contributed by atoms with Gasteiger partial charge < -0.3 is 10.0 Å². The average molecular weight is 239 g/mol. The van der Waals surface area contributed by atoms with E-state index in [1.165, 1.54) is 0 Å². The van der Waals surface area contributed by atoms with Gasteiger partial charge in [0, 0.05) is 23.2 Å². The van der Waals surface area contributed by atoms with Crippen molar-refractivity contribution in [1.29, 1.82) is 0 Å². The van der Waals surface area contributed by atoms with Crippen molar-refractivity contribution in [2.45, 2.75) is 19.4 Å². The highest BCUT2D eigenvalue weighted by atomic mass is 32.1. The largest absolute Gasteiger partial charge is 0.481 e. The fraction of sp³-hybridized carbons (Fsp3) is 0.455. The minimum Gasteiger partial charge on any atom is -0.481 e. The summed E-state index contributed by atoms with van der Waals surface area (Å²) in [4.78, 5) is 26.3. The zero-order valence-corrected chi connectivity index (χ0v) is 9.95. The molecule has 2 atom stereocenters. The van der Waals surface area contributed by atoms with Crippen LogP contribution in [0.3, 0.4) is 0 Å². The van der Waals surface area contributed by atoms with E-state index < -0.39 is 11.9 Å². The first-order valence-corrected chi connectivity index (χ1v) is 5.87. The van der Waals surface area contributed by atoms with Crippen LogP contribution in [-0.2, 0) is 9.59 Å². The van der Waals surface area contributed by atoms with E-state index in [4.69, 9.17) is 5.11 Å². The number of aliphatic carboxylic acids is 1. The van der Waals surface area contributed by atoms with E-state index in [-0.39, 0.29) is 18.4 Å². The van der Waals surface area contributed by atoms with Crippen molar-refractivity contribution in [2.75, 3.05) is 7.05 Å². The van der Waals surface area contributed by atoms with Crippen LogP contribution in [0.4, 0.5) is 0 Å². The first kappa shape index (κ1) is 11.1. The van der Waals surface area contributed by atoms with Crippen molar-refractivity contribution in [3.8, 4) is 0 Å². The zero-order valence-electron chi connectivity index (χ0n) is 9.14. The highest BCUT2D eigenvalue weighted by Crippen LogP contribution is 2.39. The maximum atomic E-state index is 11.5. The molecular formula is C11H13NO3S. The molecule has 86 valence electrons. The first-order valence-electron chi connectivity index (χ1n) is 5.05. The van der Waals surface area contributed by atoms with Gasteiger partial charge in [0.25, 0.3) is 0 Å². The number of hydrogen-bond acceptors (Lipinski definition) is 3. The standard InChI is InChI=1S/C11H13NO3S/c1-6-3-4-8(16-6)10-7(11(14)15)5-9(13)12(10)2/h3-4,7,10H,5H2,1-2H3,(H,14,15). The minimum atomic E-state index is -0.895. The summed E-state index contributed by atoms with van der Waals surface area (Å²) >= 11 is 1.55. The molecule has 16 heavy (non-hydrogen) atoms. The van der Waals surface area contributed by atoms with E-state index >= 15 is 0 Å². The molecule has 1 N–H and O–H groups in total. The molecule has 2 unspecified atom stereocenters. The van der Waals surface area contributed by atoms with Crippen molar-refractivity contribution >= 4 is 23.2 Å². The van der Waals surface area contributed by atoms with E-state index in [9.17, 15) is 9.59 Å². The second-order valence-corrected chi connectivity index (χ2v) is 5.37. The van der Waals surface area contributed by atoms with Gasteiger partial charge in [-0.05, 0) is 19.1 Å². The number of nitrogens with zero attached hydrogens (tertiary/aromatic N) is 1. The van der Waals surface area contributed by atoms with Crippen molar-refractivity contribution in [1.82, 2.24) is 4.90 Å². The molecule has 4 nitrogen and oxygen atoms in total. The molecule has 2 heterocycles. The SMILES string of the molecule is Cc1ccc(C2C(C(=O)O)CC(=O)N2C)s1. The Balaban J connectivity index is 2.36. The van der Waals surface area contributed by atoms with Crippen LogP contribution in [0.25, 0.3) is 0 Å². The number of carbonyl (C=O) groups is 2. The predicted molar refractivity (Wildman–Crippen MR) is 60.3 cm³/mol. The van der Waals surface area contributed by atoms with Gasteiger partial charge in [0.05, 0.1) is 12.0 Å². The number of carbonyl (C=O) groups excluding carboxylic acids is 1. The molecule has 1 aliphatic rings. The van der Waals surface area contributed by atoms with Crippen molar-refractivity contribution in [2.24, 2.45) is 5.92 Å². The van der Waals surface area contributed by atoms with Crippen molar-refractivity contribution in [3.05, 3.63) is 21.9 Å². The molecule has 0 radical (unpaired) electrons. The Kier molecular flexibility index (Phi) is 2.71. The summed E-state index contributed by atoms with van der Waals surface area (Å²) in [6.45, 7) is 1.97. The van der Waals surface area contributed by atoms with Crippen LogP contribution >= 0.6 is 11.3 Å². The summed E-state index contributed by atoms with van der Waals surface area (Å²) in [6.07, 6.45) is 0.105. The molecule has 1 saturated heterocycles. The number of rotatable bonds is 2. The molecule has 0 aromatic carbocycles. The third kappa shape index (κ3) is 1.71. The normalized spacial score (nSPS) is 25.1. The van der Waals surface area contributed by atoms with E-state index in [0.717, 1.165) is 9.75 Å². The molecule has 0 spiro atoms. The number of thiophene rings is 1. The summed E-state index contributed by atoms with van der Waals surface area (Å²) < 4.78 is 0. The number of amides is 1. The van der Waals surface area contributed by atoms with Crippen LogP contribution in [0.2, 0.25) is 0 Å². The van der Waals surface area contributed by atoms with Gasteiger partial charge in [-0.1, -0.05) is 0 Å². The predicted octanol–water partition coefficient (Wildman–Crippen LogP) is 1.66. The Labute approximate surface area is 97.5 Å². The molecule has 1 fully saturated rings. The second kappa shape index (κ2) is 3.90. The Hall–Kier alpha value is -1.36. The molecule has 0 saturated carbocycles. The Morgan fingerprint density at radius 3 is 2.75 bits per heavy atom. The average Bonchev–Trinajstić information content (AvgIpc) is 2.73. The highest BCUT2D eigenvalue weighted by molar-refractivity contribution is 7.12. The summed E-state index contributed by atoms with van der Waals surface area (Å²) in [7, 11) is 1.67. The Bertz CT molecular complexity index is 440. The molecule has 0 bridgehead atoms. The maximum absolute atomic E-state index is 11.5. The molecule has 5 heteroatoms. The first-order chi connectivity index (χ1) is 7.50. The third-order valence-electron chi connectivity index (χ3n) is 2.96. The van der Waals surface area contributed by atoms with Gasteiger partial charge >= 0.3 is 5.97 Å². The summed E-state index contributed by atoms with van der Waals surface area (Å²) in [5, 5.41) is 9.11. The Morgan fingerprint density at radius 2 is 2.25 bits per heavy atom. The van der Waals surface area contributed by atoms with E-state index in [0.29, 0.717) is 0 Å². The van der Waals surface area contributed by atoms with Crippen LogP contribution in [0, 0.1) is 12.8 Å². The van der Waals surface area contributed by atoms with Crippen molar-refractivity contribution in [3.63, 3.8) is 0 Å². The van der Waals surface area contributed by atoms with Crippen LogP contribution in [0.1, 0.15) is 22.2 Å². The smallest absolute Gasteiger partial charge is 0.309 e. The number of aryl methyl sites for hydroxylation is 1. The lowest BCUT2D eigenvalue weighted by Crippen LogP contribution is -2.26. The van der Waals surface area contributed by atoms with Crippen LogP contribution in [0.15, 0.2) is 12.1 Å². The van der Waals surface area contributed by atoms with Crippen LogP contribution < -0.4 is 0 Å². The van der Waals surface area contributed by atoms with Crippen molar-refractivity contribution < 1.29 is 14.7 Å². The van der Waals surface area contributed by atoms with E-state index in [1.807, 2.05) is 19.1 Å². The van der Waals surface area contributed by atoms with Crippen LogP contribution in [0.5, 0.6) is 0 Å². The molecule has 1 aromatic rings. The number of hydrogen-bond donors (Lipinski definition) is 1. The highest BCUT2D eigenvalue weighted by Gasteiger charge is 2.43. The fourth-order valence-corrected chi connectivity index (χ4v) is 3.18. The van der Waals surface area contributed by atoms with Gasteiger partial charge in [-0.3, -0.25) is 9.59 Å². The molecule has 1 aromatic heterocycles. The summed E-state index contributed by atoms with van der Waals surface area (Å²) in [6, 6.07) is 3.56. The summed E-state index contributed by atoms with van der Waals surface area (Å²) in [5.74, 6) is -1.60. The molecule has 1 aliphatic heterocycles. The van der Waals surface area contributed by atoms with Gasteiger partial charge in [0.1, 0.15) is 0 Å². The number of likely N-dealkylation sites (tertiary alicyclic amines) is 1. The summed E-state index contributed by atoms with van der Waals surface area (Å²) in [5.41, 5.74) is 0. The van der Waals surface area contributed by atoms with E-state index in [1.54, 1.807) is 23.3 Å². The number of carboxylic acids is 1. The second-order valence-electron chi connectivity index (χ2n) is 4.05. The third-order valence-corrected chi connectivity index (χ3v) is 4.03.